The molecule has 0 aliphatic rings. The molecule has 0 aromatic heterocycles. The molecule has 0 unspecified atom stereocenters. The molecule has 4 heteroatoms. The second-order valence-corrected chi connectivity index (χ2v) is 16.3. The number of benzene rings is 10. The molecule has 0 saturated heterocycles. The normalized spacial score (nSPS) is 11.1. The van der Waals surface area contributed by atoms with Gasteiger partial charge in [0, 0.05) is 55.8 Å². The maximum atomic E-state index is 7.00. The van der Waals surface area contributed by atoms with Crippen molar-refractivity contribution in [3.63, 3.8) is 0 Å². The third-order valence-electron chi connectivity index (χ3n) is 12.1. The molecule has 0 aliphatic heterocycles. The van der Waals surface area contributed by atoms with E-state index in [4.69, 9.17) is 11.5 Å². The summed E-state index contributed by atoms with van der Waals surface area (Å²) in [7, 11) is 0. The van der Waals surface area contributed by atoms with Gasteiger partial charge in [0.15, 0.2) is 0 Å². The van der Waals surface area contributed by atoms with Gasteiger partial charge in [-0.1, -0.05) is 181 Å². The number of nitrogens with two attached hydrogens (primary N) is 2. The highest BCUT2D eigenvalue weighted by Gasteiger charge is 2.27. The lowest BCUT2D eigenvalue weighted by atomic mass is 9.90. The fraction of sp³-hybridized carbons (Fsp3) is 0.0333. The second kappa shape index (κ2) is 17.2. The summed E-state index contributed by atoms with van der Waals surface area (Å²) < 4.78 is 0. The first-order chi connectivity index (χ1) is 31.4. The fourth-order valence-electron chi connectivity index (χ4n) is 9.07. The van der Waals surface area contributed by atoms with Crippen LogP contribution < -0.4 is 21.3 Å². The molecule has 4 N–H and O–H groups in total. The topological polar surface area (TPSA) is 58.5 Å². The first-order valence-corrected chi connectivity index (χ1v) is 21.8. The van der Waals surface area contributed by atoms with E-state index >= 15 is 0 Å². The zero-order valence-electron chi connectivity index (χ0n) is 36.0. The maximum absolute atomic E-state index is 7.00. The summed E-state index contributed by atoms with van der Waals surface area (Å²) in [6.07, 6.45) is 0. The highest BCUT2D eigenvalue weighted by molar-refractivity contribution is 6.11. The Morgan fingerprint density at radius 1 is 0.266 bits per heavy atom. The van der Waals surface area contributed by atoms with E-state index in [2.05, 4.69) is 242 Å². The number of aryl methyl sites for hydroxylation is 2. The zero-order valence-corrected chi connectivity index (χ0v) is 36.0. The van der Waals surface area contributed by atoms with Crippen LogP contribution in [0.1, 0.15) is 11.1 Å². The molecular formula is C60H48N4. The van der Waals surface area contributed by atoms with Crippen molar-refractivity contribution < 1.29 is 0 Å². The van der Waals surface area contributed by atoms with Gasteiger partial charge in [-0.05, 0) is 96.8 Å². The van der Waals surface area contributed by atoms with Crippen molar-refractivity contribution in [2.24, 2.45) is 0 Å². The van der Waals surface area contributed by atoms with Gasteiger partial charge in [0.25, 0.3) is 0 Å². The number of nitrogen functional groups attached to an aromatic ring is 2. The van der Waals surface area contributed by atoms with E-state index in [0.717, 1.165) is 101 Å². The zero-order chi connectivity index (χ0) is 43.6. The van der Waals surface area contributed by atoms with Crippen molar-refractivity contribution in [3.8, 4) is 44.5 Å². The third kappa shape index (κ3) is 7.42. The molecule has 0 bridgehead atoms. The van der Waals surface area contributed by atoms with Gasteiger partial charge in [-0.25, -0.2) is 0 Å². The maximum Gasteiger partial charge on any atom is 0.0548 e. The Hall–Kier alpha value is -8.34. The second-order valence-electron chi connectivity index (χ2n) is 16.3. The van der Waals surface area contributed by atoms with E-state index in [1.165, 1.54) is 11.1 Å². The average molecular weight is 825 g/mol. The summed E-state index contributed by atoms with van der Waals surface area (Å²) in [5, 5.41) is 2.18. The van der Waals surface area contributed by atoms with Crippen LogP contribution in [0.2, 0.25) is 0 Å². The number of anilines is 8. The van der Waals surface area contributed by atoms with Crippen molar-refractivity contribution in [2.75, 3.05) is 21.3 Å². The molecule has 0 radical (unpaired) electrons. The highest BCUT2D eigenvalue weighted by Crippen LogP contribution is 2.53. The number of fused-ring (bicyclic) bond motifs is 1. The molecule has 0 aliphatic carbocycles. The van der Waals surface area contributed by atoms with Crippen molar-refractivity contribution in [2.45, 2.75) is 13.8 Å². The molecule has 0 spiro atoms. The van der Waals surface area contributed by atoms with Crippen molar-refractivity contribution in [1.82, 2.24) is 0 Å². The van der Waals surface area contributed by atoms with Crippen molar-refractivity contribution >= 4 is 56.3 Å². The summed E-state index contributed by atoms with van der Waals surface area (Å²) in [6, 6.07) is 81.6. The molecule has 10 rings (SSSR count). The average Bonchev–Trinajstić information content (AvgIpc) is 3.35. The monoisotopic (exact) mass is 824 g/mol. The molecule has 10 aromatic carbocycles. The summed E-state index contributed by atoms with van der Waals surface area (Å²) >= 11 is 0. The lowest BCUT2D eigenvalue weighted by molar-refractivity contribution is 1.27. The number of hydrogen-bond acceptors (Lipinski definition) is 4. The molecule has 0 heterocycles. The lowest BCUT2D eigenvalue weighted by Crippen LogP contribution is -2.15. The number of nitrogens with zero attached hydrogens (tertiary/aromatic N) is 2. The van der Waals surface area contributed by atoms with Crippen LogP contribution in [0.15, 0.2) is 231 Å². The van der Waals surface area contributed by atoms with Crippen LogP contribution in [0.3, 0.4) is 0 Å². The van der Waals surface area contributed by atoms with E-state index < -0.39 is 0 Å². The van der Waals surface area contributed by atoms with Crippen LogP contribution in [0.5, 0.6) is 0 Å². The van der Waals surface area contributed by atoms with Gasteiger partial charge in [-0.15, -0.1) is 0 Å². The van der Waals surface area contributed by atoms with Gasteiger partial charge < -0.3 is 21.3 Å². The van der Waals surface area contributed by atoms with Gasteiger partial charge >= 0.3 is 0 Å². The van der Waals surface area contributed by atoms with Crippen LogP contribution >= 0.6 is 0 Å². The van der Waals surface area contributed by atoms with E-state index in [-0.39, 0.29) is 0 Å². The van der Waals surface area contributed by atoms with Crippen molar-refractivity contribution in [1.29, 1.82) is 0 Å². The van der Waals surface area contributed by atoms with E-state index in [0.29, 0.717) is 0 Å². The predicted octanol–water partition coefficient (Wildman–Crippen LogP) is 16.2. The largest absolute Gasteiger partial charge is 0.398 e. The molecule has 4 nitrogen and oxygen atoms in total. The van der Waals surface area contributed by atoms with Crippen LogP contribution in [0, 0.1) is 13.8 Å². The fourth-order valence-corrected chi connectivity index (χ4v) is 9.07. The first-order valence-electron chi connectivity index (χ1n) is 21.8. The SMILES string of the molecule is Cc1ccc(N(c2ccc(N)c(-c3ccccc3)c2-c2ccccc2)c2ccc(N(c3ccc(C)cc3)c3ccc(N)c(-c4ccccc4)c3-c3ccccc3)c3ccccc23)cc1. The Balaban J connectivity index is 1.27. The molecule has 0 amide bonds. The number of hydrogen-bond donors (Lipinski definition) is 2. The lowest BCUT2D eigenvalue weighted by Gasteiger charge is -2.33. The quantitative estimate of drug-likeness (QED) is 0.135. The van der Waals surface area contributed by atoms with Crippen LogP contribution in [0.4, 0.5) is 45.5 Å². The molecule has 10 aromatic rings. The van der Waals surface area contributed by atoms with Crippen LogP contribution in [-0.2, 0) is 0 Å². The van der Waals surface area contributed by atoms with Gasteiger partial charge in [0.05, 0.1) is 22.7 Å². The Morgan fingerprint density at radius 3 is 0.875 bits per heavy atom. The Kier molecular flexibility index (Phi) is 10.7. The molecule has 0 fully saturated rings. The minimum Gasteiger partial charge on any atom is -0.398 e. The van der Waals surface area contributed by atoms with Crippen LogP contribution in [0.25, 0.3) is 55.3 Å². The van der Waals surface area contributed by atoms with Gasteiger partial charge in [-0.2, -0.15) is 0 Å². The summed E-state index contributed by atoms with van der Waals surface area (Å²) in [4.78, 5) is 4.81. The standard InChI is InChI=1S/C60H48N4/c1-41-27-31-47(32-28-41)63(55-37-35-51(61)57(43-17-7-3-8-18-43)59(55)45-21-11-5-12-22-45)53-39-40-54(50-26-16-15-25-49(50)53)64(48-33-29-42(2)30-34-48)56-38-36-52(62)58(44-19-9-4-10-20-44)60(56)46-23-13-6-14-24-46/h3-40H,61-62H2,1-2H3. The highest BCUT2D eigenvalue weighted by atomic mass is 15.2. The molecular weight excluding hydrogens is 777 g/mol. The van der Waals surface area contributed by atoms with E-state index in [9.17, 15) is 0 Å². The Labute approximate surface area is 375 Å². The summed E-state index contributed by atoms with van der Waals surface area (Å²) in [5.41, 5.74) is 32.4. The first kappa shape index (κ1) is 39.8. The van der Waals surface area contributed by atoms with E-state index in [1.54, 1.807) is 0 Å². The minimum atomic E-state index is 0.721. The third-order valence-corrected chi connectivity index (χ3v) is 12.1. The van der Waals surface area contributed by atoms with E-state index in [1.807, 2.05) is 12.1 Å². The predicted molar refractivity (Wildman–Crippen MR) is 273 cm³/mol. The Bertz CT molecular complexity index is 3000. The van der Waals surface area contributed by atoms with Gasteiger partial charge in [0.1, 0.15) is 0 Å². The molecule has 64 heavy (non-hydrogen) atoms. The Morgan fingerprint density at radius 2 is 0.547 bits per heavy atom. The van der Waals surface area contributed by atoms with Crippen LogP contribution in [-0.4, -0.2) is 0 Å². The summed E-state index contributed by atoms with van der Waals surface area (Å²) in [5.74, 6) is 0. The molecule has 308 valence electrons. The summed E-state index contributed by atoms with van der Waals surface area (Å²) in [6.45, 7) is 4.27. The minimum absolute atomic E-state index is 0.721. The van der Waals surface area contributed by atoms with Gasteiger partial charge in [0.2, 0.25) is 0 Å². The molecule has 0 saturated carbocycles. The molecule has 0 atom stereocenters. The van der Waals surface area contributed by atoms with Gasteiger partial charge in [-0.3, -0.25) is 0 Å². The smallest absolute Gasteiger partial charge is 0.0548 e. The van der Waals surface area contributed by atoms with Crippen molar-refractivity contribution in [3.05, 3.63) is 242 Å². The number of rotatable bonds is 10.